The molecule has 0 unspecified atom stereocenters. The minimum atomic E-state index is -2.82. The van der Waals surface area contributed by atoms with Gasteiger partial charge in [0, 0.05) is 6.92 Å². The number of alkyl halides is 2. The Morgan fingerprint density at radius 3 is 2.12 bits per heavy atom. The van der Waals surface area contributed by atoms with Crippen molar-refractivity contribution in [2.45, 2.75) is 39.7 Å². The van der Waals surface area contributed by atoms with E-state index in [0.717, 1.165) is 18.9 Å². The van der Waals surface area contributed by atoms with Gasteiger partial charge in [0.15, 0.2) is 0 Å². The van der Waals surface area contributed by atoms with Crippen LogP contribution in [0.5, 0.6) is 0 Å². The highest BCUT2D eigenvalue weighted by atomic mass is 19.3. The van der Waals surface area contributed by atoms with Crippen LogP contribution in [0, 0.1) is 0 Å². The number of benzene rings is 1. The average Bonchev–Trinajstić information content (AvgIpc) is 2.25. The Morgan fingerprint density at radius 1 is 1.19 bits per heavy atom. The first kappa shape index (κ1) is 12.8. The molecule has 0 saturated carbocycles. The summed E-state index contributed by atoms with van der Waals surface area (Å²) in [5, 5.41) is 0. The van der Waals surface area contributed by atoms with Crippen LogP contribution in [0.4, 0.5) is 8.78 Å². The van der Waals surface area contributed by atoms with Crippen LogP contribution in [0.2, 0.25) is 0 Å². The van der Waals surface area contributed by atoms with Crippen LogP contribution < -0.4 is 0 Å². The summed E-state index contributed by atoms with van der Waals surface area (Å²) in [6, 6.07) is 7.88. The molecule has 1 rings (SSSR count). The van der Waals surface area contributed by atoms with Gasteiger partial charge in [0.25, 0.3) is 5.92 Å². The number of hydrogen-bond donors (Lipinski definition) is 0. The lowest BCUT2D eigenvalue weighted by molar-refractivity contribution is 0.0994. The van der Waals surface area contributed by atoms with Crippen molar-refractivity contribution in [3.63, 3.8) is 0 Å². The van der Waals surface area contributed by atoms with Crippen LogP contribution in [-0.2, 0) is 13.0 Å². The Morgan fingerprint density at radius 2 is 1.69 bits per heavy atom. The van der Waals surface area contributed by atoms with Crippen molar-refractivity contribution < 1.29 is 8.78 Å². The number of halogens is 2. The van der Waals surface area contributed by atoms with Crippen molar-refractivity contribution >= 4 is 5.71 Å². The van der Waals surface area contributed by atoms with Gasteiger partial charge in [0.1, 0.15) is 0 Å². The first-order valence-corrected chi connectivity index (χ1v) is 5.40. The Labute approximate surface area is 95.2 Å². The van der Waals surface area contributed by atoms with E-state index in [9.17, 15) is 8.78 Å². The molecule has 0 aromatic heterocycles. The van der Waals surface area contributed by atoms with Gasteiger partial charge in [0.2, 0.25) is 0 Å². The molecule has 0 aliphatic carbocycles. The first-order valence-electron chi connectivity index (χ1n) is 5.40. The highest BCUT2D eigenvalue weighted by molar-refractivity contribution is 5.88. The van der Waals surface area contributed by atoms with Crippen molar-refractivity contribution in [1.29, 1.82) is 0 Å². The van der Waals surface area contributed by atoms with Gasteiger partial charge in [-0.3, -0.25) is 4.99 Å². The Bertz CT molecular complexity index is 361. The molecule has 0 N–H and O–H groups in total. The summed E-state index contributed by atoms with van der Waals surface area (Å²) in [5.41, 5.74) is 2.08. The SMILES string of the molecule is CCc1ccc(C/N=C(\C)C(C)(F)F)cc1. The summed E-state index contributed by atoms with van der Waals surface area (Å²) in [5.74, 6) is -2.82. The summed E-state index contributed by atoms with van der Waals surface area (Å²) >= 11 is 0. The molecule has 0 amide bonds. The molecule has 1 nitrogen and oxygen atoms in total. The van der Waals surface area contributed by atoms with Crippen molar-refractivity contribution in [2.75, 3.05) is 0 Å². The molecule has 0 fully saturated rings. The van der Waals surface area contributed by atoms with Crippen molar-refractivity contribution in [3.05, 3.63) is 35.4 Å². The lowest BCUT2D eigenvalue weighted by Crippen LogP contribution is -2.21. The third-order valence-electron chi connectivity index (χ3n) is 2.57. The van der Waals surface area contributed by atoms with Crippen LogP contribution in [0.1, 0.15) is 31.9 Å². The summed E-state index contributed by atoms with van der Waals surface area (Å²) in [6.45, 7) is 4.63. The van der Waals surface area contributed by atoms with Crippen LogP contribution in [0.25, 0.3) is 0 Å². The molecule has 0 radical (unpaired) electrons. The third kappa shape index (κ3) is 3.72. The molecule has 0 heterocycles. The average molecular weight is 225 g/mol. The highest BCUT2D eigenvalue weighted by Crippen LogP contribution is 2.15. The molecule has 0 spiro atoms. The number of nitrogens with zero attached hydrogens (tertiary/aromatic N) is 1. The smallest absolute Gasteiger partial charge is 0.282 e. The van der Waals surface area contributed by atoms with Gasteiger partial charge in [-0.2, -0.15) is 0 Å². The van der Waals surface area contributed by atoms with E-state index in [-0.39, 0.29) is 5.71 Å². The zero-order valence-electron chi connectivity index (χ0n) is 9.93. The van der Waals surface area contributed by atoms with Gasteiger partial charge in [-0.05, 0) is 24.5 Å². The fourth-order valence-electron chi connectivity index (χ4n) is 1.23. The normalized spacial score (nSPS) is 12.9. The summed E-state index contributed by atoms with van der Waals surface area (Å²) in [6.07, 6.45) is 0.982. The van der Waals surface area contributed by atoms with Gasteiger partial charge in [-0.15, -0.1) is 0 Å². The lowest BCUT2D eigenvalue weighted by Gasteiger charge is -2.09. The Hall–Kier alpha value is -1.25. The monoisotopic (exact) mass is 225 g/mol. The Balaban J connectivity index is 2.67. The molecule has 3 heteroatoms. The lowest BCUT2D eigenvalue weighted by atomic mass is 10.1. The zero-order chi connectivity index (χ0) is 12.2. The van der Waals surface area contributed by atoms with Gasteiger partial charge in [-0.25, -0.2) is 8.78 Å². The topological polar surface area (TPSA) is 12.4 Å². The minimum Gasteiger partial charge on any atom is -0.283 e. The second-order valence-electron chi connectivity index (χ2n) is 3.96. The van der Waals surface area contributed by atoms with Gasteiger partial charge in [-0.1, -0.05) is 31.2 Å². The van der Waals surface area contributed by atoms with E-state index in [2.05, 4.69) is 11.9 Å². The van der Waals surface area contributed by atoms with Crippen molar-refractivity contribution in [1.82, 2.24) is 0 Å². The maximum absolute atomic E-state index is 12.8. The standard InChI is InChI=1S/C13H17F2N/c1-4-11-5-7-12(8-6-11)9-16-10(2)13(3,14)15/h5-8H,4,9H2,1-3H3/b16-10+. The molecular formula is C13H17F2N. The largest absolute Gasteiger partial charge is 0.283 e. The van der Waals surface area contributed by atoms with E-state index in [4.69, 9.17) is 0 Å². The summed E-state index contributed by atoms with van der Waals surface area (Å²) < 4.78 is 25.6. The molecule has 0 atom stereocenters. The highest BCUT2D eigenvalue weighted by Gasteiger charge is 2.24. The van der Waals surface area contributed by atoms with E-state index >= 15 is 0 Å². The fourth-order valence-corrected chi connectivity index (χ4v) is 1.23. The van der Waals surface area contributed by atoms with Gasteiger partial charge in [0.05, 0.1) is 12.3 Å². The van der Waals surface area contributed by atoms with E-state index < -0.39 is 5.92 Å². The first-order chi connectivity index (χ1) is 7.43. The number of aryl methyl sites for hydroxylation is 1. The van der Waals surface area contributed by atoms with E-state index in [1.54, 1.807) is 0 Å². The molecule has 0 saturated heterocycles. The molecule has 0 aliphatic rings. The van der Waals surface area contributed by atoms with Crippen LogP contribution in [0.3, 0.4) is 0 Å². The van der Waals surface area contributed by atoms with Crippen molar-refractivity contribution in [2.24, 2.45) is 4.99 Å². The fraction of sp³-hybridized carbons (Fsp3) is 0.462. The van der Waals surface area contributed by atoms with E-state index in [1.165, 1.54) is 12.5 Å². The molecule has 0 bridgehead atoms. The summed E-state index contributed by atoms with van der Waals surface area (Å²) in [4.78, 5) is 3.89. The minimum absolute atomic E-state index is 0.118. The molecular weight excluding hydrogens is 208 g/mol. The third-order valence-corrected chi connectivity index (χ3v) is 2.57. The van der Waals surface area contributed by atoms with Gasteiger partial charge >= 0.3 is 0 Å². The quantitative estimate of drug-likeness (QED) is 0.690. The Kier molecular flexibility index (Phi) is 4.16. The predicted molar refractivity (Wildman–Crippen MR) is 63.3 cm³/mol. The molecule has 16 heavy (non-hydrogen) atoms. The molecule has 88 valence electrons. The van der Waals surface area contributed by atoms with Crippen molar-refractivity contribution in [3.8, 4) is 0 Å². The number of hydrogen-bond acceptors (Lipinski definition) is 1. The van der Waals surface area contributed by atoms with Crippen LogP contribution in [-0.4, -0.2) is 11.6 Å². The predicted octanol–water partition coefficient (Wildman–Crippen LogP) is 3.87. The van der Waals surface area contributed by atoms with E-state index in [1.807, 2.05) is 24.3 Å². The number of aliphatic imine (C=N–C) groups is 1. The van der Waals surface area contributed by atoms with Gasteiger partial charge < -0.3 is 0 Å². The molecule has 0 aliphatic heterocycles. The molecule has 1 aromatic rings. The summed E-state index contributed by atoms with van der Waals surface area (Å²) in [7, 11) is 0. The second kappa shape index (κ2) is 5.19. The molecule has 1 aromatic carbocycles. The van der Waals surface area contributed by atoms with Crippen LogP contribution >= 0.6 is 0 Å². The second-order valence-corrected chi connectivity index (χ2v) is 3.96. The van der Waals surface area contributed by atoms with E-state index in [0.29, 0.717) is 6.54 Å². The van der Waals surface area contributed by atoms with Crippen LogP contribution in [0.15, 0.2) is 29.3 Å². The maximum Gasteiger partial charge on any atom is 0.282 e. The zero-order valence-corrected chi connectivity index (χ0v) is 9.93. The number of rotatable bonds is 4. The maximum atomic E-state index is 12.8.